The Morgan fingerprint density at radius 3 is 1.09 bits per heavy atom. The van der Waals surface area contributed by atoms with E-state index in [1.165, 1.54) is 0 Å². The highest BCUT2D eigenvalue weighted by Crippen LogP contribution is 2.45. The number of rotatable bonds is 8. The summed E-state index contributed by atoms with van der Waals surface area (Å²) >= 11 is 0. The first-order valence-corrected chi connectivity index (χ1v) is 14.8. The predicted molar refractivity (Wildman–Crippen MR) is 174 cm³/mol. The van der Waals surface area contributed by atoms with Crippen molar-refractivity contribution in [1.29, 1.82) is 0 Å². The Balaban J connectivity index is 0.993. The third-order valence-electron chi connectivity index (χ3n) is 8.49. The molecule has 0 atom stereocenters. The van der Waals surface area contributed by atoms with E-state index in [1.807, 2.05) is 12.1 Å². The number of benzene rings is 7. The molecule has 4 nitrogen and oxygen atoms in total. The van der Waals surface area contributed by atoms with E-state index >= 15 is 0 Å². The molecule has 4 heteroatoms. The molecule has 0 radical (unpaired) electrons. The van der Waals surface area contributed by atoms with Crippen LogP contribution in [0.2, 0.25) is 0 Å². The monoisotopic (exact) mass is 570 g/mol. The van der Waals surface area contributed by atoms with Crippen molar-refractivity contribution < 1.29 is 18.9 Å². The molecule has 0 saturated heterocycles. The quantitative estimate of drug-likeness (QED) is 0.170. The van der Waals surface area contributed by atoms with E-state index in [-0.39, 0.29) is 0 Å². The van der Waals surface area contributed by atoms with Crippen LogP contribution in [-0.2, 0) is 13.2 Å². The van der Waals surface area contributed by atoms with E-state index in [4.69, 9.17) is 18.9 Å². The molecule has 0 saturated carbocycles. The Labute approximate surface area is 254 Å². The zero-order valence-electron chi connectivity index (χ0n) is 23.7. The van der Waals surface area contributed by atoms with Gasteiger partial charge in [0, 0.05) is 44.8 Å². The zero-order valence-corrected chi connectivity index (χ0v) is 23.7. The highest BCUT2D eigenvalue weighted by atomic mass is 16.5. The molecule has 0 N–H and O–H groups in total. The maximum atomic E-state index is 6.59. The molecule has 4 heterocycles. The lowest BCUT2D eigenvalue weighted by atomic mass is 10.00. The standard InChI is InChI=1S/C40H26O4/c1-2-6-34-33(5-1)39(41-23-25-9-13-27(14-10-25)31-19-17-29-21-37(31)43-29)35-7-3-4-8-36(35)40(34)42-24-26-11-15-28(16-12-26)32-20-18-30-22-38(32)44-30/h1-22H,23-24H2. The van der Waals surface area contributed by atoms with Gasteiger partial charge >= 0.3 is 0 Å². The van der Waals surface area contributed by atoms with Crippen LogP contribution in [0.1, 0.15) is 11.1 Å². The van der Waals surface area contributed by atoms with Crippen LogP contribution in [0.4, 0.5) is 0 Å². The van der Waals surface area contributed by atoms with Gasteiger partial charge in [0.2, 0.25) is 0 Å². The lowest BCUT2D eigenvalue weighted by molar-refractivity contribution is 0.308. The second-order valence-electron chi connectivity index (χ2n) is 11.2. The second-order valence-corrected chi connectivity index (χ2v) is 11.2. The fourth-order valence-electron chi connectivity index (χ4n) is 6.15. The van der Waals surface area contributed by atoms with Crippen molar-refractivity contribution in [2.24, 2.45) is 0 Å². The van der Waals surface area contributed by atoms with Crippen molar-refractivity contribution in [1.82, 2.24) is 0 Å². The second kappa shape index (κ2) is 9.92. The number of ether oxygens (including phenoxy) is 4. The molecule has 4 aliphatic rings. The Hall–Kier alpha value is -5.74. The third kappa shape index (κ3) is 4.15. The summed E-state index contributed by atoms with van der Waals surface area (Å²) in [5.74, 6) is 5.45. The Morgan fingerprint density at radius 2 is 0.773 bits per heavy atom. The van der Waals surface area contributed by atoms with Gasteiger partial charge in [-0.2, -0.15) is 0 Å². The summed E-state index contributed by atoms with van der Waals surface area (Å²) in [5, 5.41) is 4.12. The lowest BCUT2D eigenvalue weighted by Gasteiger charge is -2.20. The Morgan fingerprint density at radius 1 is 0.409 bits per heavy atom. The van der Waals surface area contributed by atoms with Gasteiger partial charge in [-0.15, -0.1) is 0 Å². The number of hydrogen-bond acceptors (Lipinski definition) is 4. The van der Waals surface area contributed by atoms with E-state index in [2.05, 4.69) is 121 Å². The fraction of sp³-hybridized carbons (Fsp3) is 0.0500. The molecular formula is C40H26O4. The summed E-state index contributed by atoms with van der Waals surface area (Å²) in [5.41, 5.74) is 6.69. The highest BCUT2D eigenvalue weighted by Gasteiger charge is 2.19. The molecule has 0 fully saturated rings. The first-order chi connectivity index (χ1) is 21.8. The summed E-state index contributed by atoms with van der Waals surface area (Å²) in [4.78, 5) is 0. The Kier molecular flexibility index (Phi) is 5.60. The molecule has 4 aliphatic heterocycles. The van der Waals surface area contributed by atoms with E-state index in [0.717, 1.165) is 89.4 Å². The predicted octanol–water partition coefficient (Wildman–Crippen LogP) is 10.7. The normalized spacial score (nSPS) is 12.2. The van der Waals surface area contributed by atoms with Crippen molar-refractivity contribution in [3.63, 3.8) is 0 Å². The first-order valence-electron chi connectivity index (χ1n) is 14.8. The maximum Gasteiger partial charge on any atom is 0.138 e. The van der Waals surface area contributed by atoms with Crippen LogP contribution < -0.4 is 18.9 Å². The molecule has 7 aromatic rings. The van der Waals surface area contributed by atoms with Crippen molar-refractivity contribution >= 4 is 21.5 Å². The van der Waals surface area contributed by atoms with E-state index in [9.17, 15) is 0 Å². The minimum Gasteiger partial charge on any atom is -0.488 e. The van der Waals surface area contributed by atoms with Gasteiger partial charge in [-0.25, -0.2) is 0 Å². The van der Waals surface area contributed by atoms with Gasteiger partial charge in [-0.3, -0.25) is 0 Å². The van der Waals surface area contributed by atoms with Crippen LogP contribution in [0.25, 0.3) is 43.8 Å². The fourth-order valence-corrected chi connectivity index (χ4v) is 6.15. The van der Waals surface area contributed by atoms with Gasteiger partial charge in [0.1, 0.15) is 47.7 Å². The van der Waals surface area contributed by atoms with Crippen LogP contribution in [-0.4, -0.2) is 0 Å². The molecule has 4 bridgehead atoms. The summed E-state index contributed by atoms with van der Waals surface area (Å²) in [7, 11) is 0. The average molecular weight is 571 g/mol. The summed E-state index contributed by atoms with van der Waals surface area (Å²) in [6.45, 7) is 0.914. The average Bonchev–Trinajstić information content (AvgIpc) is 3.06. The van der Waals surface area contributed by atoms with E-state index in [1.54, 1.807) is 0 Å². The third-order valence-corrected chi connectivity index (χ3v) is 8.49. The van der Waals surface area contributed by atoms with Crippen LogP contribution in [0.3, 0.4) is 0 Å². The van der Waals surface area contributed by atoms with Crippen LogP contribution >= 0.6 is 0 Å². The van der Waals surface area contributed by atoms with Crippen molar-refractivity contribution in [2.45, 2.75) is 13.2 Å². The molecule has 0 unspecified atom stereocenters. The summed E-state index contributed by atoms with van der Waals surface area (Å²) < 4.78 is 24.5. The molecule has 11 rings (SSSR count). The molecule has 0 aliphatic carbocycles. The number of hydrogen-bond donors (Lipinski definition) is 0. The minimum absolute atomic E-state index is 0.457. The van der Waals surface area contributed by atoms with E-state index in [0.29, 0.717) is 13.2 Å². The Bertz CT molecular complexity index is 1990. The summed E-state index contributed by atoms with van der Waals surface area (Å²) in [6, 6.07) is 46.0. The summed E-state index contributed by atoms with van der Waals surface area (Å²) in [6.07, 6.45) is 0. The minimum atomic E-state index is 0.457. The molecule has 210 valence electrons. The van der Waals surface area contributed by atoms with Gasteiger partial charge in [-0.05, 0) is 46.5 Å². The smallest absolute Gasteiger partial charge is 0.138 e. The van der Waals surface area contributed by atoms with Gasteiger partial charge in [0.05, 0.1) is 0 Å². The zero-order chi connectivity index (χ0) is 29.0. The molecule has 44 heavy (non-hydrogen) atoms. The van der Waals surface area contributed by atoms with E-state index < -0.39 is 0 Å². The first kappa shape index (κ1) is 24.8. The molecule has 7 aromatic carbocycles. The van der Waals surface area contributed by atoms with Gasteiger partial charge < -0.3 is 18.9 Å². The van der Waals surface area contributed by atoms with Crippen LogP contribution in [0, 0.1) is 0 Å². The van der Waals surface area contributed by atoms with Crippen molar-refractivity contribution in [3.8, 4) is 56.8 Å². The van der Waals surface area contributed by atoms with Crippen molar-refractivity contribution in [3.05, 3.63) is 145 Å². The maximum absolute atomic E-state index is 6.59. The van der Waals surface area contributed by atoms with Crippen LogP contribution in [0.5, 0.6) is 34.5 Å². The lowest BCUT2D eigenvalue weighted by Crippen LogP contribution is -2.01. The SMILES string of the molecule is c1ccc2c(OCc3ccc(-c4ccc5cc4O5)cc3)c3ccccc3c(OCc3ccc(-c4ccc5cc4O5)cc3)c2c1. The van der Waals surface area contributed by atoms with Crippen LogP contribution in [0.15, 0.2) is 133 Å². The van der Waals surface area contributed by atoms with Crippen molar-refractivity contribution in [2.75, 3.05) is 0 Å². The number of fused-ring (bicyclic) bond motifs is 6. The van der Waals surface area contributed by atoms with Gasteiger partial charge in [-0.1, -0.05) is 97.1 Å². The molecule has 0 amide bonds. The van der Waals surface area contributed by atoms with Gasteiger partial charge in [0.25, 0.3) is 0 Å². The molecule has 0 spiro atoms. The topological polar surface area (TPSA) is 36.9 Å². The largest absolute Gasteiger partial charge is 0.488 e. The molecular weight excluding hydrogens is 544 g/mol. The highest BCUT2D eigenvalue weighted by molar-refractivity contribution is 6.11. The molecule has 0 aromatic heterocycles. The van der Waals surface area contributed by atoms with Gasteiger partial charge in [0.15, 0.2) is 0 Å².